The fourth-order valence-corrected chi connectivity index (χ4v) is 3.46. The summed E-state index contributed by atoms with van der Waals surface area (Å²) in [6.45, 7) is 3.11. The summed E-state index contributed by atoms with van der Waals surface area (Å²) in [5.41, 5.74) is 13.6. The molecule has 3 aromatic rings. The molecule has 0 unspecified atom stereocenters. The first-order valence-corrected chi connectivity index (χ1v) is 9.82. The van der Waals surface area contributed by atoms with Gasteiger partial charge < -0.3 is 15.5 Å². The van der Waals surface area contributed by atoms with Crippen LogP contribution in [0.15, 0.2) is 55.1 Å². The summed E-state index contributed by atoms with van der Waals surface area (Å²) in [7, 11) is 0. The lowest BCUT2D eigenvalue weighted by molar-refractivity contribution is 0.0962. The third-order valence-electron chi connectivity index (χ3n) is 4.85. The molecule has 1 aliphatic rings. The molecular weight excluding hydrogens is 404 g/mol. The van der Waals surface area contributed by atoms with Crippen LogP contribution in [0.25, 0.3) is 0 Å². The van der Waals surface area contributed by atoms with Gasteiger partial charge >= 0.3 is 0 Å². The Hall–Kier alpha value is -3.59. The van der Waals surface area contributed by atoms with Gasteiger partial charge in [0.15, 0.2) is 11.6 Å². The summed E-state index contributed by atoms with van der Waals surface area (Å²) >= 11 is 6.11. The molecule has 1 aliphatic heterocycles. The average molecular weight is 425 g/mol. The smallest absolute Gasteiger partial charge is 0.269 e. The van der Waals surface area contributed by atoms with Crippen molar-refractivity contribution < 1.29 is 4.79 Å². The van der Waals surface area contributed by atoms with E-state index in [2.05, 4.69) is 35.6 Å². The maximum Gasteiger partial charge on any atom is 0.269 e. The number of anilines is 4. The predicted octanol–water partition coefficient (Wildman–Crippen LogP) is 2.19. The molecule has 154 valence electrons. The van der Waals surface area contributed by atoms with Crippen LogP contribution in [-0.4, -0.2) is 47.0 Å². The van der Waals surface area contributed by atoms with Gasteiger partial charge in [0.2, 0.25) is 0 Å². The number of benzene rings is 1. The Bertz CT molecular complexity index is 1020. The van der Waals surface area contributed by atoms with E-state index in [-0.39, 0.29) is 5.91 Å². The van der Waals surface area contributed by atoms with Crippen molar-refractivity contribution in [1.29, 1.82) is 0 Å². The van der Waals surface area contributed by atoms with Crippen LogP contribution >= 0.6 is 11.6 Å². The zero-order chi connectivity index (χ0) is 20.9. The number of amides is 1. The van der Waals surface area contributed by atoms with Crippen molar-refractivity contribution >= 4 is 40.5 Å². The van der Waals surface area contributed by atoms with E-state index in [4.69, 9.17) is 17.3 Å². The summed E-state index contributed by atoms with van der Waals surface area (Å²) in [5, 5.41) is 0.722. The van der Waals surface area contributed by atoms with Crippen LogP contribution in [0.4, 0.5) is 23.0 Å². The van der Waals surface area contributed by atoms with Crippen molar-refractivity contribution in [3.8, 4) is 0 Å². The molecule has 2 aromatic heterocycles. The minimum Gasteiger partial charge on any atom is -0.393 e. The number of carbonyl (C=O) groups excluding carboxylic acids is 1. The van der Waals surface area contributed by atoms with Gasteiger partial charge in [0, 0.05) is 54.8 Å². The highest BCUT2D eigenvalue weighted by molar-refractivity contribution is 6.30. The Balaban J connectivity index is 1.40. The van der Waals surface area contributed by atoms with Crippen molar-refractivity contribution in [2.24, 2.45) is 0 Å². The number of hydrazine groups is 1. The van der Waals surface area contributed by atoms with Gasteiger partial charge in [-0.15, -0.1) is 0 Å². The van der Waals surface area contributed by atoms with Gasteiger partial charge in [0.25, 0.3) is 5.91 Å². The molecule has 0 atom stereocenters. The number of nitrogen functional groups attached to an aromatic ring is 1. The first kappa shape index (κ1) is 19.7. The van der Waals surface area contributed by atoms with Gasteiger partial charge in [-0.25, -0.2) is 9.97 Å². The maximum atomic E-state index is 12.2. The van der Waals surface area contributed by atoms with E-state index in [9.17, 15) is 4.79 Å². The van der Waals surface area contributed by atoms with Crippen molar-refractivity contribution in [2.75, 3.05) is 47.1 Å². The second-order valence-electron chi connectivity index (χ2n) is 6.73. The number of piperazine rings is 1. The molecule has 30 heavy (non-hydrogen) atoms. The summed E-state index contributed by atoms with van der Waals surface area (Å²) in [6.07, 6.45) is 4.53. The summed E-state index contributed by atoms with van der Waals surface area (Å²) in [6, 6.07) is 11.1. The number of nitrogens with zero attached hydrogens (tertiary/aromatic N) is 5. The van der Waals surface area contributed by atoms with Crippen LogP contribution in [0.5, 0.6) is 0 Å². The molecule has 1 aromatic carbocycles. The van der Waals surface area contributed by atoms with Gasteiger partial charge in [-0.05, 0) is 30.3 Å². The molecule has 0 saturated carbocycles. The number of aromatic nitrogens is 3. The molecule has 9 nitrogen and oxygen atoms in total. The van der Waals surface area contributed by atoms with E-state index in [0.717, 1.165) is 36.9 Å². The molecule has 0 spiro atoms. The Morgan fingerprint density at radius 1 is 1.03 bits per heavy atom. The van der Waals surface area contributed by atoms with Gasteiger partial charge in [0.1, 0.15) is 12.0 Å². The van der Waals surface area contributed by atoms with Crippen LogP contribution in [0, 0.1) is 0 Å². The summed E-state index contributed by atoms with van der Waals surface area (Å²) < 4.78 is 0. The lowest BCUT2D eigenvalue weighted by Crippen LogP contribution is -2.47. The quantitative estimate of drug-likeness (QED) is 0.534. The number of nitrogens with two attached hydrogens (primary N) is 1. The summed E-state index contributed by atoms with van der Waals surface area (Å²) in [5.74, 6) is 0.670. The number of halogens is 1. The summed E-state index contributed by atoms with van der Waals surface area (Å²) in [4.78, 5) is 29.0. The van der Waals surface area contributed by atoms with E-state index in [1.165, 1.54) is 6.33 Å². The third-order valence-corrected chi connectivity index (χ3v) is 5.09. The zero-order valence-corrected chi connectivity index (χ0v) is 16.9. The monoisotopic (exact) mass is 424 g/mol. The second-order valence-corrected chi connectivity index (χ2v) is 7.16. The van der Waals surface area contributed by atoms with Crippen molar-refractivity contribution in [2.45, 2.75) is 0 Å². The highest BCUT2D eigenvalue weighted by atomic mass is 35.5. The topological polar surface area (TPSA) is 112 Å². The van der Waals surface area contributed by atoms with Crippen molar-refractivity contribution in [1.82, 2.24) is 20.4 Å². The molecule has 4 rings (SSSR count). The standard InChI is InChI=1S/C20H21ClN8O/c21-15-2-1-3-16(12-15)28-8-10-29(11-9-28)19-17(22)18(24-13-25-19)26-27-20(30)14-4-6-23-7-5-14/h1-7,12-13H,8-11,22H2,(H,27,30)(H,24,25,26). The zero-order valence-electron chi connectivity index (χ0n) is 16.1. The maximum absolute atomic E-state index is 12.2. The molecule has 0 radical (unpaired) electrons. The number of rotatable bonds is 5. The number of hydrogen-bond acceptors (Lipinski definition) is 8. The molecular formula is C20H21ClN8O. The van der Waals surface area contributed by atoms with Gasteiger partial charge in [0.05, 0.1) is 0 Å². The van der Waals surface area contributed by atoms with E-state index >= 15 is 0 Å². The predicted molar refractivity (Wildman–Crippen MR) is 118 cm³/mol. The molecule has 0 aliphatic carbocycles. The van der Waals surface area contributed by atoms with E-state index in [1.54, 1.807) is 24.5 Å². The number of hydrogen-bond donors (Lipinski definition) is 3. The van der Waals surface area contributed by atoms with Crippen LogP contribution in [0.3, 0.4) is 0 Å². The SMILES string of the molecule is Nc1c(NNC(=O)c2ccncc2)ncnc1N1CCN(c2cccc(Cl)c2)CC1. The normalized spacial score (nSPS) is 13.8. The highest BCUT2D eigenvalue weighted by Gasteiger charge is 2.22. The number of carbonyl (C=O) groups is 1. The van der Waals surface area contributed by atoms with Gasteiger partial charge in [-0.2, -0.15) is 0 Å². The van der Waals surface area contributed by atoms with Gasteiger partial charge in [-0.1, -0.05) is 17.7 Å². The van der Waals surface area contributed by atoms with Crippen LogP contribution < -0.4 is 26.4 Å². The first-order chi connectivity index (χ1) is 14.6. The molecule has 4 N–H and O–H groups in total. The number of nitrogens with one attached hydrogen (secondary N) is 2. The lowest BCUT2D eigenvalue weighted by atomic mass is 10.2. The molecule has 1 saturated heterocycles. The van der Waals surface area contributed by atoms with E-state index < -0.39 is 0 Å². The van der Waals surface area contributed by atoms with Crippen LogP contribution in [0.1, 0.15) is 10.4 Å². The largest absolute Gasteiger partial charge is 0.393 e. The van der Waals surface area contributed by atoms with E-state index in [1.807, 2.05) is 24.3 Å². The van der Waals surface area contributed by atoms with Gasteiger partial charge in [-0.3, -0.25) is 20.6 Å². The Morgan fingerprint density at radius 2 is 1.77 bits per heavy atom. The second kappa shape index (κ2) is 8.83. The van der Waals surface area contributed by atoms with E-state index in [0.29, 0.717) is 22.9 Å². The fraction of sp³-hybridized carbons (Fsp3) is 0.200. The molecule has 10 heteroatoms. The van der Waals surface area contributed by atoms with Crippen LogP contribution in [-0.2, 0) is 0 Å². The van der Waals surface area contributed by atoms with Crippen molar-refractivity contribution in [3.05, 3.63) is 65.7 Å². The minimum atomic E-state index is -0.313. The minimum absolute atomic E-state index is 0.313. The fourth-order valence-electron chi connectivity index (χ4n) is 3.28. The number of pyridine rings is 1. The Morgan fingerprint density at radius 3 is 2.50 bits per heavy atom. The molecule has 1 amide bonds. The Labute approximate surface area is 178 Å². The molecule has 3 heterocycles. The van der Waals surface area contributed by atoms with Crippen LogP contribution in [0.2, 0.25) is 5.02 Å². The lowest BCUT2D eigenvalue weighted by Gasteiger charge is -2.37. The first-order valence-electron chi connectivity index (χ1n) is 9.44. The Kier molecular flexibility index (Phi) is 5.80. The molecule has 0 bridgehead atoms. The highest BCUT2D eigenvalue weighted by Crippen LogP contribution is 2.28. The molecule has 1 fully saturated rings. The third kappa shape index (κ3) is 4.36. The average Bonchev–Trinajstić information content (AvgIpc) is 2.79. The van der Waals surface area contributed by atoms with Crippen molar-refractivity contribution in [3.63, 3.8) is 0 Å².